The number of furan rings is 2. The van der Waals surface area contributed by atoms with Crippen molar-refractivity contribution in [1.29, 1.82) is 0 Å². The van der Waals surface area contributed by atoms with Gasteiger partial charge in [-0.2, -0.15) is 0 Å². The van der Waals surface area contributed by atoms with E-state index in [1.165, 1.54) is 63.8 Å². The number of halogens is 1. The molecule has 8 aliphatic rings. The first-order valence-electron chi connectivity index (χ1n) is 46.5. The van der Waals surface area contributed by atoms with Gasteiger partial charge in [-0.15, -0.1) is 0 Å². The minimum absolute atomic E-state index is 0.00291. The predicted molar refractivity (Wildman–Crippen MR) is 442 cm³/mol. The zero-order valence-corrected chi connectivity index (χ0v) is 65.3. The van der Waals surface area contributed by atoms with Crippen LogP contribution in [0.25, 0.3) is 0 Å². The summed E-state index contributed by atoms with van der Waals surface area (Å²) in [6.45, 7) is 29.9. The molecule has 6 nitrogen and oxygen atoms in total. The maximum Gasteiger partial charge on any atom is 0.204 e. The Bertz CT molecular complexity index is 5880. The standard InChI is InChI=1S/C49H56N2O.C29H32ClN.C20H25NO/c1-31-16-42(50(39-13-10-32-23-46(2,3)26-35(32)18-39)40-14-11-33-24-47(4,5)27-36(33)19-40)22-43(17-31)51(45-21-38-29-49(8,9)30-44(38)52-45)41-15-12-34-25-48(6,7)28-37(34)20-41;1-19-10-24(30)14-27(11-19)31(25-8-6-20-15-28(2,3)17-22(20)12-25)26-9-7-21-16-29(4,5)18-23(21)13-26;1-19(2)9-13-5-6-16(7-14(13)10-19)21-18-8-15-11-20(3,4)12-17(15)22-18/h10-22H,23-30H2,1-9H3;6-14H,15-18H2,1-5H3;5-8,21H,9-12H2,1-4H3/i1D3,10D,11D,13D,18D,19D;1D3,6D,7D,8D,9D,12D,13D;. The summed E-state index contributed by atoms with van der Waals surface area (Å²) in [6, 6.07) is 28.2. The fourth-order valence-electron chi connectivity index (χ4n) is 18.5. The predicted octanol–water partition coefficient (Wildman–Crippen LogP) is 26.7. The maximum absolute atomic E-state index is 9.79. The molecule has 2 heterocycles. The van der Waals surface area contributed by atoms with Crippen molar-refractivity contribution in [3.8, 4) is 0 Å². The van der Waals surface area contributed by atoms with Gasteiger partial charge in [0.1, 0.15) is 11.5 Å². The highest BCUT2D eigenvalue weighted by atomic mass is 35.5. The first-order valence-corrected chi connectivity index (χ1v) is 38.4. The Balaban J connectivity index is 0.000000152. The summed E-state index contributed by atoms with van der Waals surface area (Å²) in [5.41, 5.74) is 17.0. The fraction of sp³-hybridized carbons (Fsp3) is 0.429. The summed E-state index contributed by atoms with van der Waals surface area (Å²) < 4.78 is 165. The molecule has 0 fully saturated rings. The molecule has 0 bridgehead atoms. The van der Waals surface area contributed by atoms with E-state index in [2.05, 4.69) is 137 Å². The van der Waals surface area contributed by atoms with Gasteiger partial charge in [0.15, 0.2) is 5.88 Å². The molecule has 10 aromatic rings. The molecule has 1 N–H and O–H groups in total. The summed E-state index contributed by atoms with van der Waals surface area (Å²) in [7, 11) is 0. The molecule has 0 spiro atoms. The van der Waals surface area contributed by atoms with Crippen LogP contribution in [0.2, 0.25) is 5.02 Å². The number of rotatable bonds is 11. The second-order valence-corrected chi connectivity index (χ2v) is 39.0. The molecule has 8 aliphatic carbocycles. The number of anilines is 11. The van der Waals surface area contributed by atoms with E-state index >= 15 is 0 Å². The van der Waals surface area contributed by atoms with Gasteiger partial charge in [-0.1, -0.05) is 159 Å². The van der Waals surface area contributed by atoms with Crippen molar-refractivity contribution in [1.82, 2.24) is 0 Å². The monoisotopic (exact) mass is 1430 g/mol. The summed E-state index contributed by atoms with van der Waals surface area (Å²) in [4.78, 5) is 5.00. The summed E-state index contributed by atoms with van der Waals surface area (Å²) >= 11 is 6.42. The highest BCUT2D eigenvalue weighted by Crippen LogP contribution is 2.52. The molecule has 0 unspecified atom stereocenters. The topological polar surface area (TPSA) is 48.0 Å². The van der Waals surface area contributed by atoms with Crippen LogP contribution in [0, 0.1) is 57.0 Å². The summed E-state index contributed by atoms with van der Waals surface area (Å²) in [5, 5.41) is 3.55. The van der Waals surface area contributed by atoms with Crippen LogP contribution < -0.4 is 20.0 Å². The maximum atomic E-state index is 9.79. The van der Waals surface area contributed by atoms with Crippen LogP contribution in [0.1, 0.15) is 235 Å². The van der Waals surface area contributed by atoms with Crippen LogP contribution in [0.3, 0.4) is 0 Å². The van der Waals surface area contributed by atoms with E-state index in [0.717, 1.165) is 84.0 Å². The highest BCUT2D eigenvalue weighted by molar-refractivity contribution is 6.31. The number of hydrogen-bond donors (Lipinski definition) is 1. The average molecular weight is 1430 g/mol. The molecule has 0 saturated heterocycles. The fourth-order valence-corrected chi connectivity index (χ4v) is 18.8. The first kappa shape index (κ1) is 53.6. The van der Waals surface area contributed by atoms with Gasteiger partial charge in [0.05, 0.1) is 20.8 Å². The zero-order valence-electron chi connectivity index (χ0n) is 81.5. The van der Waals surface area contributed by atoms with Crippen molar-refractivity contribution in [3.05, 3.63) is 263 Å². The summed E-state index contributed by atoms with van der Waals surface area (Å²) in [5.74, 6) is 3.53. The van der Waals surface area contributed by atoms with Crippen LogP contribution >= 0.6 is 11.6 Å². The second-order valence-electron chi connectivity index (χ2n) is 38.5. The summed E-state index contributed by atoms with van der Waals surface area (Å²) in [6.07, 6.45) is 12.5. The lowest BCUT2D eigenvalue weighted by atomic mass is 9.90. The van der Waals surface area contributed by atoms with Crippen molar-refractivity contribution in [2.45, 2.75) is 227 Å². The number of hydrogen-bond acceptors (Lipinski definition) is 6. The van der Waals surface area contributed by atoms with Gasteiger partial charge < -0.3 is 24.0 Å². The Morgan fingerprint density at radius 2 is 0.686 bits per heavy atom. The molecule has 0 amide bonds. The van der Waals surface area contributed by atoms with Gasteiger partial charge in [0.25, 0.3) is 0 Å². The van der Waals surface area contributed by atoms with E-state index in [0.29, 0.717) is 113 Å². The molecule has 7 heteroatoms. The van der Waals surface area contributed by atoms with Crippen molar-refractivity contribution in [2.24, 2.45) is 43.3 Å². The van der Waals surface area contributed by atoms with E-state index in [4.69, 9.17) is 34.1 Å². The lowest BCUT2D eigenvalue weighted by molar-refractivity contribution is 0.366. The normalized spacial score (nSPS) is 21.9. The van der Waals surface area contributed by atoms with Crippen molar-refractivity contribution >= 4 is 74.6 Å². The van der Waals surface area contributed by atoms with Crippen LogP contribution in [0.15, 0.2) is 166 Å². The number of benzene rings is 8. The molecular formula is C98H113ClN4O2. The quantitative estimate of drug-likeness (QED) is 0.139. The third kappa shape index (κ3) is 14.9. The van der Waals surface area contributed by atoms with E-state index in [1.807, 2.05) is 38.7 Å². The Hall–Kier alpha value is -8.19. The van der Waals surface area contributed by atoms with Gasteiger partial charge in [-0.3, -0.25) is 4.90 Å². The van der Waals surface area contributed by atoms with E-state index in [1.54, 1.807) is 23.1 Å². The van der Waals surface area contributed by atoms with Gasteiger partial charge in [-0.25, -0.2) is 0 Å². The molecule has 18 rings (SSSR count). The first-order chi connectivity index (χ1) is 56.4. The minimum Gasteiger partial charge on any atom is -0.445 e. The smallest absolute Gasteiger partial charge is 0.204 e. The molecule has 2 aromatic heterocycles. The minimum atomic E-state index is -2.57. The van der Waals surface area contributed by atoms with Crippen molar-refractivity contribution in [2.75, 3.05) is 20.0 Å². The zero-order chi connectivity index (χ0) is 88.4. The lowest BCUT2D eigenvalue weighted by Gasteiger charge is -2.30. The number of nitrogens with zero attached hydrogens (tertiary/aromatic N) is 3. The van der Waals surface area contributed by atoms with Crippen LogP contribution in [0.5, 0.6) is 0 Å². The molecule has 105 heavy (non-hydrogen) atoms. The Kier molecular flexibility index (Phi) is 13.0. The molecule has 544 valence electrons. The van der Waals surface area contributed by atoms with E-state index in [-0.39, 0.29) is 144 Å². The van der Waals surface area contributed by atoms with Crippen molar-refractivity contribution in [3.63, 3.8) is 0 Å². The number of aryl methyl sites for hydroxylation is 2. The van der Waals surface area contributed by atoms with Gasteiger partial charge in [-0.05, 0) is 345 Å². The van der Waals surface area contributed by atoms with Crippen LogP contribution in [-0.2, 0) is 103 Å². The SMILES string of the molecule is CC1(C)Cc2ccc(Nc3cc4c(o3)CC(C)(C)C4)cc2C1.[2H]c1c([2H])c(N(c2cc(Cl)cc(C([2H])([2H])[2H])c2)c2c([2H])c([2H])c3c(c2[2H])CC(C)(C)C3)c([2H])c2c1CC(C)(C)C2.[2H]c1cc(N(c2cc(N(c3ccc4c(c3)CC(C)(C)C4)c3cc4c(o3)CC(C)(C)C4)cc(C([2H])([2H])[2H])c2)c2c([2H])c([2H])c3c(c2[2H])CC(C)(C)C3)c([2H])c2c1CC(C)(C)C2. The average Bonchev–Trinajstić information content (AvgIpc) is 1.47. The third-order valence-electron chi connectivity index (χ3n) is 22.9. The molecule has 8 aromatic carbocycles. The number of fused-ring (bicyclic) bond motifs is 8. The van der Waals surface area contributed by atoms with E-state index < -0.39 is 13.7 Å². The van der Waals surface area contributed by atoms with Gasteiger partial charge in [0.2, 0.25) is 5.88 Å². The molecule has 0 aliphatic heterocycles. The lowest BCUT2D eigenvalue weighted by Crippen LogP contribution is -2.15. The molecule has 0 saturated carbocycles. The molecule has 0 radical (unpaired) electrons. The highest BCUT2D eigenvalue weighted by Gasteiger charge is 2.39. The van der Waals surface area contributed by atoms with Gasteiger partial charge in [0, 0.05) is 83.7 Å². The second kappa shape index (κ2) is 25.5. The van der Waals surface area contributed by atoms with E-state index in [9.17, 15) is 9.60 Å². The molecule has 0 atom stereocenters. The van der Waals surface area contributed by atoms with Crippen LogP contribution in [-0.4, -0.2) is 0 Å². The largest absolute Gasteiger partial charge is 0.445 e. The Morgan fingerprint density at radius 1 is 0.305 bits per heavy atom. The van der Waals surface area contributed by atoms with Crippen LogP contribution in [0.4, 0.5) is 63.0 Å². The Morgan fingerprint density at radius 3 is 1.18 bits per heavy atom. The van der Waals surface area contributed by atoms with Crippen molar-refractivity contribution < 1.29 is 32.1 Å². The number of nitrogens with one attached hydrogen (secondary N) is 1. The van der Waals surface area contributed by atoms with Gasteiger partial charge >= 0.3 is 0 Å². The third-order valence-corrected chi connectivity index (χ3v) is 23.1. The molecular weight excluding hydrogens is 1300 g/mol. The Labute approximate surface area is 657 Å².